The van der Waals surface area contributed by atoms with Crippen LogP contribution in [0.2, 0.25) is 0 Å². The van der Waals surface area contributed by atoms with Crippen LogP contribution in [0.5, 0.6) is 5.75 Å². The van der Waals surface area contributed by atoms with Gasteiger partial charge in [-0.3, -0.25) is 15.6 Å². The molecule has 0 heterocycles. The monoisotopic (exact) mass is 282 g/mol. The Morgan fingerprint density at radius 1 is 1.00 bits per heavy atom. The van der Waals surface area contributed by atoms with E-state index < -0.39 is 0 Å². The number of phenolic OH excluding ortho intramolecular Hbond substituents is 1. The molecule has 0 aliphatic carbocycles. The molecular weight excluding hydrogens is 264 g/mol. The van der Waals surface area contributed by atoms with Gasteiger partial charge in [-0.2, -0.15) is 0 Å². The van der Waals surface area contributed by atoms with Crippen molar-refractivity contribution in [1.29, 1.82) is 0 Å². The summed E-state index contributed by atoms with van der Waals surface area (Å²) in [7, 11) is 0. The van der Waals surface area contributed by atoms with Crippen molar-refractivity contribution in [3.8, 4) is 5.75 Å². The molecule has 108 valence electrons. The largest absolute Gasteiger partial charge is 0.508 e. The molecule has 0 aromatic heterocycles. The maximum atomic E-state index is 12.0. The van der Waals surface area contributed by atoms with Crippen LogP contribution in [0.15, 0.2) is 60.7 Å². The minimum absolute atomic E-state index is 0.135. The van der Waals surface area contributed by atoms with Crippen molar-refractivity contribution in [2.45, 2.75) is 13.3 Å². The Kier molecular flexibility index (Phi) is 4.99. The first-order valence-electron chi connectivity index (χ1n) is 6.81. The number of hydrazine groups is 1. The molecule has 0 aliphatic heterocycles. The number of carbonyl (C=O) groups is 1. The minimum atomic E-state index is -0.257. The number of allylic oxidation sites excluding steroid dienone is 1. The van der Waals surface area contributed by atoms with Gasteiger partial charge < -0.3 is 5.11 Å². The van der Waals surface area contributed by atoms with E-state index in [1.165, 1.54) is 12.1 Å². The third-order valence-corrected chi connectivity index (χ3v) is 2.93. The van der Waals surface area contributed by atoms with Gasteiger partial charge in [0.2, 0.25) is 0 Å². The fraction of sp³-hybridized carbons (Fsp3) is 0.118. The quantitative estimate of drug-likeness (QED) is 0.739. The highest BCUT2D eigenvalue weighted by Crippen LogP contribution is 2.12. The predicted octanol–water partition coefficient (Wildman–Crippen LogP) is 3.08. The van der Waals surface area contributed by atoms with E-state index in [0.29, 0.717) is 5.56 Å². The summed E-state index contributed by atoms with van der Waals surface area (Å²) in [5, 5.41) is 9.22. The Hall–Kier alpha value is -2.75. The summed E-state index contributed by atoms with van der Waals surface area (Å²) in [6, 6.07) is 15.9. The molecule has 0 fully saturated rings. The first-order valence-corrected chi connectivity index (χ1v) is 6.81. The van der Waals surface area contributed by atoms with Crippen LogP contribution in [0.1, 0.15) is 29.3 Å². The first-order chi connectivity index (χ1) is 10.2. The number of aromatic hydroxyl groups is 1. The summed E-state index contributed by atoms with van der Waals surface area (Å²) in [4.78, 5) is 12.0. The predicted molar refractivity (Wildman–Crippen MR) is 83.4 cm³/mol. The molecule has 0 atom stereocenters. The Balaban J connectivity index is 2.04. The van der Waals surface area contributed by atoms with E-state index in [1.807, 2.05) is 43.3 Å². The average Bonchev–Trinajstić information content (AvgIpc) is 2.52. The lowest BCUT2D eigenvalue weighted by atomic mass is 10.1. The number of benzene rings is 2. The highest BCUT2D eigenvalue weighted by Gasteiger charge is 2.06. The van der Waals surface area contributed by atoms with Gasteiger partial charge in [-0.15, -0.1) is 0 Å². The summed E-state index contributed by atoms with van der Waals surface area (Å²) in [6.45, 7) is 2.03. The van der Waals surface area contributed by atoms with Gasteiger partial charge >= 0.3 is 0 Å². The van der Waals surface area contributed by atoms with Gasteiger partial charge in [0.25, 0.3) is 5.91 Å². The summed E-state index contributed by atoms with van der Waals surface area (Å²) in [6.07, 6.45) is 2.86. The van der Waals surface area contributed by atoms with Crippen molar-refractivity contribution < 1.29 is 9.90 Å². The summed E-state index contributed by atoms with van der Waals surface area (Å²) >= 11 is 0. The molecule has 21 heavy (non-hydrogen) atoms. The summed E-state index contributed by atoms with van der Waals surface area (Å²) < 4.78 is 0. The van der Waals surface area contributed by atoms with Crippen molar-refractivity contribution in [3.05, 3.63) is 71.8 Å². The lowest BCUT2D eigenvalue weighted by Gasteiger charge is -2.12. The Morgan fingerprint density at radius 3 is 2.29 bits per heavy atom. The van der Waals surface area contributed by atoms with Crippen molar-refractivity contribution in [2.24, 2.45) is 0 Å². The fourth-order valence-electron chi connectivity index (χ4n) is 1.87. The number of amides is 1. The van der Waals surface area contributed by atoms with E-state index in [2.05, 4.69) is 10.9 Å². The van der Waals surface area contributed by atoms with E-state index in [0.717, 1.165) is 17.7 Å². The van der Waals surface area contributed by atoms with Crippen molar-refractivity contribution in [2.75, 3.05) is 0 Å². The second-order valence-corrected chi connectivity index (χ2v) is 4.52. The van der Waals surface area contributed by atoms with Crippen molar-refractivity contribution in [1.82, 2.24) is 10.9 Å². The van der Waals surface area contributed by atoms with E-state index in [4.69, 9.17) is 0 Å². The first kappa shape index (κ1) is 14.7. The molecule has 0 bridgehead atoms. The Labute approximate surface area is 124 Å². The normalized spacial score (nSPS) is 11.0. The fourth-order valence-corrected chi connectivity index (χ4v) is 1.87. The van der Waals surface area contributed by atoms with Crippen LogP contribution in [0.4, 0.5) is 0 Å². The molecule has 2 aromatic rings. The second-order valence-electron chi connectivity index (χ2n) is 4.52. The summed E-state index contributed by atoms with van der Waals surface area (Å²) in [5.41, 5.74) is 7.94. The number of carbonyl (C=O) groups excluding carboxylic acids is 1. The second kappa shape index (κ2) is 7.14. The van der Waals surface area contributed by atoms with Crippen LogP contribution >= 0.6 is 0 Å². The minimum Gasteiger partial charge on any atom is -0.508 e. The molecule has 0 spiro atoms. The molecule has 0 radical (unpaired) electrons. The molecule has 4 heteroatoms. The molecule has 2 aromatic carbocycles. The van der Waals surface area contributed by atoms with E-state index in [-0.39, 0.29) is 11.7 Å². The topological polar surface area (TPSA) is 61.4 Å². The van der Waals surface area contributed by atoms with Crippen LogP contribution in [0, 0.1) is 0 Å². The number of hydrogen-bond donors (Lipinski definition) is 3. The highest BCUT2D eigenvalue weighted by atomic mass is 16.3. The van der Waals surface area contributed by atoms with Crippen LogP contribution in [0.25, 0.3) is 5.70 Å². The third-order valence-electron chi connectivity index (χ3n) is 2.93. The van der Waals surface area contributed by atoms with Crippen LogP contribution in [0.3, 0.4) is 0 Å². The van der Waals surface area contributed by atoms with Crippen LogP contribution in [-0.4, -0.2) is 11.0 Å². The van der Waals surface area contributed by atoms with Crippen LogP contribution in [-0.2, 0) is 0 Å². The number of rotatable bonds is 5. The molecule has 1 amide bonds. The highest BCUT2D eigenvalue weighted by molar-refractivity contribution is 5.94. The van der Waals surface area contributed by atoms with Gasteiger partial charge in [-0.1, -0.05) is 43.3 Å². The van der Waals surface area contributed by atoms with E-state index >= 15 is 0 Å². The van der Waals surface area contributed by atoms with Crippen molar-refractivity contribution >= 4 is 11.6 Å². The smallest absolute Gasteiger partial charge is 0.269 e. The van der Waals surface area contributed by atoms with Gasteiger partial charge in [-0.25, -0.2) is 0 Å². The zero-order chi connectivity index (χ0) is 15.1. The number of hydrogen-bond acceptors (Lipinski definition) is 3. The SMILES string of the molecule is CC/C=C(\NNC(=O)c1ccc(O)cc1)c1ccccc1. The molecule has 4 nitrogen and oxygen atoms in total. The Bertz CT molecular complexity index is 619. The number of phenols is 1. The maximum Gasteiger partial charge on any atom is 0.269 e. The molecular formula is C17H18N2O2. The van der Waals surface area contributed by atoms with Gasteiger partial charge in [0.15, 0.2) is 0 Å². The van der Waals surface area contributed by atoms with Gasteiger partial charge in [0.1, 0.15) is 5.75 Å². The van der Waals surface area contributed by atoms with E-state index in [9.17, 15) is 9.90 Å². The molecule has 0 aliphatic rings. The molecule has 0 saturated carbocycles. The summed E-state index contributed by atoms with van der Waals surface area (Å²) in [5.74, 6) is -0.122. The van der Waals surface area contributed by atoms with Gasteiger partial charge in [-0.05, 0) is 36.2 Å². The van der Waals surface area contributed by atoms with Gasteiger partial charge in [0.05, 0.1) is 5.70 Å². The van der Waals surface area contributed by atoms with Crippen molar-refractivity contribution in [3.63, 3.8) is 0 Å². The number of nitrogens with one attached hydrogen (secondary N) is 2. The molecule has 2 rings (SSSR count). The standard InChI is InChI=1S/C17H18N2O2/c1-2-6-16(13-7-4-3-5-8-13)18-19-17(21)14-9-11-15(20)12-10-14/h3-12,18,20H,2H2,1H3,(H,19,21)/b16-6-. The zero-order valence-electron chi connectivity index (χ0n) is 11.8. The lowest BCUT2D eigenvalue weighted by Crippen LogP contribution is -2.36. The molecule has 3 N–H and O–H groups in total. The average molecular weight is 282 g/mol. The van der Waals surface area contributed by atoms with Gasteiger partial charge in [0, 0.05) is 5.56 Å². The zero-order valence-corrected chi connectivity index (χ0v) is 11.8. The molecule has 0 unspecified atom stereocenters. The Morgan fingerprint density at radius 2 is 1.67 bits per heavy atom. The van der Waals surface area contributed by atoms with E-state index in [1.54, 1.807) is 12.1 Å². The lowest BCUT2D eigenvalue weighted by molar-refractivity contribution is 0.0942. The molecule has 0 saturated heterocycles. The third kappa shape index (κ3) is 4.11. The maximum absolute atomic E-state index is 12.0. The van der Waals surface area contributed by atoms with Crippen LogP contribution < -0.4 is 10.9 Å².